The summed E-state index contributed by atoms with van der Waals surface area (Å²) in [6.07, 6.45) is 0. The Kier molecular flexibility index (Phi) is 7.48. The molecule has 1 spiro atoms. The highest BCUT2D eigenvalue weighted by atomic mass is 15.2. The average Bonchev–Trinajstić information content (AvgIpc) is 3.78. The van der Waals surface area contributed by atoms with Crippen LogP contribution in [0.4, 0.5) is 34.1 Å². The highest BCUT2D eigenvalue weighted by Crippen LogP contribution is 2.66. The van der Waals surface area contributed by atoms with E-state index in [1.807, 2.05) is 0 Å². The number of fused-ring (bicyclic) bond motifs is 13. The van der Waals surface area contributed by atoms with Gasteiger partial charge in [0.25, 0.3) is 0 Å². The predicted molar refractivity (Wildman–Crippen MR) is 247 cm³/mol. The fourth-order valence-electron chi connectivity index (χ4n) is 10.3. The summed E-state index contributed by atoms with van der Waals surface area (Å²) >= 11 is 0. The molecule has 59 heavy (non-hydrogen) atoms. The third-order valence-corrected chi connectivity index (χ3v) is 12.6. The van der Waals surface area contributed by atoms with Gasteiger partial charge in [0, 0.05) is 33.4 Å². The predicted octanol–water partition coefficient (Wildman–Crippen LogP) is 15.3. The second-order valence-electron chi connectivity index (χ2n) is 15.6. The molecule has 0 aliphatic heterocycles. The molecule has 10 aromatic rings. The van der Waals surface area contributed by atoms with Gasteiger partial charge in [0.05, 0.1) is 22.5 Å². The molecule has 0 amide bonds. The molecule has 0 heterocycles. The number of rotatable bonds is 6. The van der Waals surface area contributed by atoms with E-state index < -0.39 is 5.41 Å². The summed E-state index contributed by atoms with van der Waals surface area (Å²) in [7, 11) is 0. The number of para-hydroxylation sites is 3. The second-order valence-corrected chi connectivity index (χ2v) is 15.6. The lowest BCUT2D eigenvalue weighted by Crippen LogP contribution is -2.26. The maximum Gasteiger partial charge on any atom is 0.0727 e. The SMILES string of the molecule is c1ccc(N(c2ccccc2)c2cccc3c2-c2ccccc2C32c3ccccc3-c3c2cc(N(c2ccccc2)c2cccc4ccccc24)c2ccccc32)cc1. The van der Waals surface area contributed by atoms with Gasteiger partial charge in [0.2, 0.25) is 0 Å². The third kappa shape index (κ3) is 4.81. The molecule has 12 rings (SSSR count). The molecular formula is C57H38N2. The van der Waals surface area contributed by atoms with Crippen molar-refractivity contribution in [3.05, 3.63) is 253 Å². The molecule has 0 radical (unpaired) electrons. The first-order chi connectivity index (χ1) is 29.3. The van der Waals surface area contributed by atoms with Crippen LogP contribution in [0.2, 0.25) is 0 Å². The zero-order valence-electron chi connectivity index (χ0n) is 32.3. The lowest BCUT2D eigenvalue weighted by atomic mass is 9.70. The highest BCUT2D eigenvalue weighted by molar-refractivity contribution is 6.14. The van der Waals surface area contributed by atoms with E-state index in [9.17, 15) is 0 Å². The molecule has 2 nitrogen and oxygen atoms in total. The van der Waals surface area contributed by atoms with Gasteiger partial charge >= 0.3 is 0 Å². The molecule has 1 unspecified atom stereocenters. The molecule has 1 atom stereocenters. The van der Waals surface area contributed by atoms with Crippen LogP contribution in [0.15, 0.2) is 231 Å². The van der Waals surface area contributed by atoms with Crippen LogP contribution < -0.4 is 9.80 Å². The van der Waals surface area contributed by atoms with Crippen molar-refractivity contribution in [3.8, 4) is 22.3 Å². The van der Waals surface area contributed by atoms with Gasteiger partial charge in [-0.15, -0.1) is 0 Å². The highest BCUT2D eigenvalue weighted by Gasteiger charge is 2.53. The molecule has 0 aromatic heterocycles. The van der Waals surface area contributed by atoms with Crippen molar-refractivity contribution in [2.75, 3.05) is 9.80 Å². The standard InChI is InChI=1S/C57H38N2/c1-4-22-40(23-5-1)58(41-24-6-2-7-25-41)53-37-19-35-50-56(53)47-32-15-17-34-49(47)57(50)48-33-16-14-31-46(48)55-45-30-13-12-29-44(45)54(38-51(55)57)59(42-26-8-3-9-27-42)52-36-18-21-39-20-10-11-28-43(39)52/h1-38H. The Morgan fingerprint density at radius 1 is 0.271 bits per heavy atom. The minimum Gasteiger partial charge on any atom is -0.310 e. The Morgan fingerprint density at radius 2 is 0.729 bits per heavy atom. The van der Waals surface area contributed by atoms with E-state index in [-0.39, 0.29) is 0 Å². The van der Waals surface area contributed by atoms with E-state index in [1.165, 1.54) is 66.1 Å². The fourth-order valence-corrected chi connectivity index (χ4v) is 10.3. The molecule has 0 saturated carbocycles. The van der Waals surface area contributed by atoms with Gasteiger partial charge in [0.1, 0.15) is 0 Å². The Balaban J connectivity index is 1.21. The quantitative estimate of drug-likeness (QED) is 0.167. The minimum absolute atomic E-state index is 0.577. The van der Waals surface area contributed by atoms with Crippen molar-refractivity contribution in [2.45, 2.75) is 5.41 Å². The average molecular weight is 751 g/mol. The molecular weight excluding hydrogens is 713 g/mol. The number of hydrogen-bond donors (Lipinski definition) is 0. The molecule has 2 aliphatic rings. The molecule has 276 valence electrons. The summed E-state index contributed by atoms with van der Waals surface area (Å²) in [6, 6.07) is 84.8. The largest absolute Gasteiger partial charge is 0.310 e. The molecule has 0 bridgehead atoms. The van der Waals surface area contributed by atoms with Gasteiger partial charge in [-0.3, -0.25) is 0 Å². The van der Waals surface area contributed by atoms with Gasteiger partial charge in [0.15, 0.2) is 0 Å². The van der Waals surface area contributed by atoms with E-state index in [2.05, 4.69) is 240 Å². The molecule has 0 fully saturated rings. The Labute approximate surface area is 344 Å². The van der Waals surface area contributed by atoms with Crippen LogP contribution >= 0.6 is 0 Å². The molecule has 10 aromatic carbocycles. The van der Waals surface area contributed by atoms with E-state index >= 15 is 0 Å². The van der Waals surface area contributed by atoms with Gasteiger partial charge in [-0.1, -0.05) is 176 Å². The third-order valence-electron chi connectivity index (χ3n) is 12.6. The number of nitrogens with zero attached hydrogens (tertiary/aromatic N) is 2. The van der Waals surface area contributed by atoms with Gasteiger partial charge in [-0.25, -0.2) is 0 Å². The van der Waals surface area contributed by atoms with Gasteiger partial charge < -0.3 is 9.80 Å². The summed E-state index contributed by atoms with van der Waals surface area (Å²) in [5.41, 5.74) is 16.6. The summed E-state index contributed by atoms with van der Waals surface area (Å²) in [5, 5.41) is 4.90. The van der Waals surface area contributed by atoms with Crippen molar-refractivity contribution in [2.24, 2.45) is 0 Å². The molecule has 0 saturated heterocycles. The van der Waals surface area contributed by atoms with E-state index in [1.54, 1.807) is 0 Å². The Bertz CT molecular complexity index is 3180. The monoisotopic (exact) mass is 750 g/mol. The van der Waals surface area contributed by atoms with Crippen molar-refractivity contribution < 1.29 is 0 Å². The summed E-state index contributed by atoms with van der Waals surface area (Å²) in [4.78, 5) is 4.92. The number of benzene rings is 10. The zero-order valence-corrected chi connectivity index (χ0v) is 32.3. The van der Waals surface area contributed by atoms with Crippen molar-refractivity contribution >= 4 is 55.7 Å². The lowest BCUT2D eigenvalue weighted by Gasteiger charge is -2.34. The smallest absolute Gasteiger partial charge is 0.0727 e. The van der Waals surface area contributed by atoms with E-state index in [0.717, 1.165) is 34.1 Å². The first-order valence-corrected chi connectivity index (χ1v) is 20.4. The molecule has 2 aliphatic carbocycles. The molecule has 0 N–H and O–H groups in total. The van der Waals surface area contributed by atoms with Crippen LogP contribution in [-0.2, 0) is 5.41 Å². The van der Waals surface area contributed by atoms with E-state index in [4.69, 9.17) is 0 Å². The minimum atomic E-state index is -0.577. The lowest BCUT2D eigenvalue weighted by molar-refractivity contribution is 0.794. The van der Waals surface area contributed by atoms with Gasteiger partial charge in [-0.05, 0) is 104 Å². The van der Waals surface area contributed by atoms with E-state index in [0.29, 0.717) is 0 Å². The maximum absolute atomic E-state index is 2.54. The Hall–Kier alpha value is -7.68. The zero-order chi connectivity index (χ0) is 38.9. The van der Waals surface area contributed by atoms with Crippen LogP contribution in [0.25, 0.3) is 43.8 Å². The summed E-state index contributed by atoms with van der Waals surface area (Å²) in [6.45, 7) is 0. The number of hydrogen-bond acceptors (Lipinski definition) is 2. The van der Waals surface area contributed by atoms with Crippen LogP contribution in [0.1, 0.15) is 22.3 Å². The fraction of sp³-hybridized carbons (Fsp3) is 0.0175. The normalized spacial score (nSPS) is 14.5. The van der Waals surface area contributed by atoms with Crippen molar-refractivity contribution in [3.63, 3.8) is 0 Å². The van der Waals surface area contributed by atoms with Crippen LogP contribution in [0.3, 0.4) is 0 Å². The summed E-state index contributed by atoms with van der Waals surface area (Å²) < 4.78 is 0. The van der Waals surface area contributed by atoms with Crippen molar-refractivity contribution in [1.29, 1.82) is 0 Å². The van der Waals surface area contributed by atoms with Crippen LogP contribution in [0.5, 0.6) is 0 Å². The topological polar surface area (TPSA) is 6.48 Å². The van der Waals surface area contributed by atoms with Gasteiger partial charge in [-0.2, -0.15) is 0 Å². The van der Waals surface area contributed by atoms with Crippen molar-refractivity contribution in [1.82, 2.24) is 0 Å². The summed E-state index contributed by atoms with van der Waals surface area (Å²) in [5.74, 6) is 0. The first kappa shape index (κ1) is 33.5. The first-order valence-electron chi connectivity index (χ1n) is 20.4. The second kappa shape index (κ2) is 13.2. The molecule has 2 heteroatoms. The van der Waals surface area contributed by atoms with Crippen LogP contribution in [0, 0.1) is 0 Å². The number of anilines is 6. The maximum atomic E-state index is 2.54. The Morgan fingerprint density at radius 3 is 1.39 bits per heavy atom. The van der Waals surface area contributed by atoms with Crippen LogP contribution in [-0.4, -0.2) is 0 Å².